The van der Waals surface area contributed by atoms with Crippen molar-refractivity contribution in [3.05, 3.63) is 59.9 Å². The summed E-state index contributed by atoms with van der Waals surface area (Å²) in [5, 5.41) is 0. The number of likely N-dealkylation sites (tertiary alicyclic amines) is 2. The Morgan fingerprint density at radius 2 is 1.90 bits per heavy atom. The second kappa shape index (κ2) is 9.12. The SMILES string of the molecule is CC(=O)N1CCC(Cc2ccccc2F)(C(=O)N2CCC[C@H](c3cnccn3)C2)CC1. The van der Waals surface area contributed by atoms with Crippen molar-refractivity contribution in [1.29, 1.82) is 0 Å². The predicted octanol–water partition coefficient (Wildman–Crippen LogP) is 3.19. The van der Waals surface area contributed by atoms with Gasteiger partial charge in [0.1, 0.15) is 5.82 Å². The smallest absolute Gasteiger partial charge is 0.229 e. The second-order valence-corrected chi connectivity index (χ2v) is 8.78. The molecule has 0 N–H and O–H groups in total. The van der Waals surface area contributed by atoms with Crippen LogP contribution in [0.4, 0.5) is 4.39 Å². The fourth-order valence-corrected chi connectivity index (χ4v) is 4.98. The molecule has 164 valence electrons. The van der Waals surface area contributed by atoms with E-state index in [1.807, 2.05) is 11.0 Å². The van der Waals surface area contributed by atoms with Gasteiger partial charge in [-0.1, -0.05) is 18.2 Å². The normalized spacial score (nSPS) is 21.0. The van der Waals surface area contributed by atoms with Crippen molar-refractivity contribution in [2.75, 3.05) is 26.2 Å². The maximum atomic E-state index is 14.5. The van der Waals surface area contributed by atoms with Crippen LogP contribution in [0.3, 0.4) is 0 Å². The van der Waals surface area contributed by atoms with Gasteiger partial charge in [0.25, 0.3) is 0 Å². The molecule has 2 aliphatic rings. The zero-order chi connectivity index (χ0) is 21.8. The Morgan fingerprint density at radius 1 is 1.13 bits per heavy atom. The Labute approximate surface area is 182 Å². The lowest BCUT2D eigenvalue weighted by molar-refractivity contribution is -0.149. The summed E-state index contributed by atoms with van der Waals surface area (Å²) in [6.45, 7) is 3.91. The van der Waals surface area contributed by atoms with E-state index in [2.05, 4.69) is 9.97 Å². The number of benzene rings is 1. The molecule has 0 aliphatic carbocycles. The Kier molecular flexibility index (Phi) is 6.30. The van der Waals surface area contributed by atoms with E-state index in [-0.39, 0.29) is 23.5 Å². The zero-order valence-electron chi connectivity index (χ0n) is 18.0. The topological polar surface area (TPSA) is 66.4 Å². The average Bonchev–Trinajstić information content (AvgIpc) is 2.81. The average molecular weight is 425 g/mol. The summed E-state index contributed by atoms with van der Waals surface area (Å²) >= 11 is 0. The maximum absolute atomic E-state index is 14.5. The summed E-state index contributed by atoms with van der Waals surface area (Å²) in [4.78, 5) is 38.1. The van der Waals surface area contributed by atoms with Crippen LogP contribution in [0, 0.1) is 11.2 Å². The van der Waals surface area contributed by atoms with Crippen LogP contribution < -0.4 is 0 Å². The molecule has 3 heterocycles. The standard InChI is InChI=1S/C24H29FN4O2/c1-18(30)28-13-8-24(9-14-28,15-19-5-2-3-7-21(19)25)23(31)29-12-4-6-20(17-29)22-16-26-10-11-27-22/h2-3,5,7,10-11,16,20H,4,6,8-9,12-15,17H2,1H3/t20-/m0/s1. The maximum Gasteiger partial charge on any atom is 0.229 e. The molecule has 2 fully saturated rings. The molecule has 6 nitrogen and oxygen atoms in total. The molecule has 4 rings (SSSR count). The van der Waals surface area contributed by atoms with E-state index in [0.717, 1.165) is 18.5 Å². The van der Waals surface area contributed by atoms with Crippen LogP contribution in [0.15, 0.2) is 42.9 Å². The summed E-state index contributed by atoms with van der Waals surface area (Å²) in [5.74, 6) is -0.0193. The van der Waals surface area contributed by atoms with E-state index in [1.54, 1.807) is 42.5 Å². The van der Waals surface area contributed by atoms with E-state index in [1.165, 1.54) is 6.07 Å². The van der Waals surface area contributed by atoms with Crippen molar-refractivity contribution in [1.82, 2.24) is 19.8 Å². The number of aromatic nitrogens is 2. The Morgan fingerprint density at radius 3 is 2.58 bits per heavy atom. The number of piperidine rings is 2. The molecule has 2 saturated heterocycles. The molecule has 0 saturated carbocycles. The molecule has 0 spiro atoms. The van der Waals surface area contributed by atoms with Gasteiger partial charge < -0.3 is 9.80 Å². The number of carbonyl (C=O) groups is 2. The first kappa shape index (κ1) is 21.4. The molecule has 0 unspecified atom stereocenters. The molecule has 7 heteroatoms. The minimum Gasteiger partial charge on any atom is -0.343 e. The van der Waals surface area contributed by atoms with E-state index in [0.29, 0.717) is 51.0 Å². The third-order valence-electron chi connectivity index (χ3n) is 6.82. The lowest BCUT2D eigenvalue weighted by Crippen LogP contribution is -2.54. The van der Waals surface area contributed by atoms with Crippen molar-refractivity contribution in [2.24, 2.45) is 5.41 Å². The second-order valence-electron chi connectivity index (χ2n) is 8.78. The summed E-state index contributed by atoms with van der Waals surface area (Å²) in [7, 11) is 0. The van der Waals surface area contributed by atoms with Gasteiger partial charge in [-0.15, -0.1) is 0 Å². The van der Waals surface area contributed by atoms with Crippen molar-refractivity contribution in [3.8, 4) is 0 Å². The molecule has 31 heavy (non-hydrogen) atoms. The molecule has 2 aliphatic heterocycles. The molecular formula is C24H29FN4O2. The monoisotopic (exact) mass is 424 g/mol. The highest BCUT2D eigenvalue weighted by Crippen LogP contribution is 2.39. The van der Waals surface area contributed by atoms with Gasteiger partial charge in [-0.2, -0.15) is 0 Å². The summed E-state index contributed by atoms with van der Waals surface area (Å²) < 4.78 is 14.5. The molecular weight excluding hydrogens is 395 g/mol. The van der Waals surface area contributed by atoms with E-state index in [4.69, 9.17) is 0 Å². The fraction of sp³-hybridized carbons (Fsp3) is 0.500. The number of nitrogens with zero attached hydrogens (tertiary/aromatic N) is 4. The zero-order valence-corrected chi connectivity index (χ0v) is 18.0. The van der Waals surface area contributed by atoms with E-state index in [9.17, 15) is 14.0 Å². The number of halogens is 1. The van der Waals surface area contributed by atoms with Crippen LogP contribution in [0.5, 0.6) is 0 Å². The van der Waals surface area contributed by atoms with Gasteiger partial charge in [-0.05, 0) is 43.7 Å². The van der Waals surface area contributed by atoms with Gasteiger partial charge in [0.2, 0.25) is 11.8 Å². The van der Waals surface area contributed by atoms with Gasteiger partial charge >= 0.3 is 0 Å². The first-order chi connectivity index (χ1) is 15.0. The number of hydrogen-bond acceptors (Lipinski definition) is 4. The lowest BCUT2D eigenvalue weighted by Gasteiger charge is -2.45. The molecule has 2 aromatic rings. The van der Waals surface area contributed by atoms with Crippen molar-refractivity contribution in [2.45, 2.75) is 44.9 Å². The summed E-state index contributed by atoms with van der Waals surface area (Å²) in [5.41, 5.74) is 0.780. The van der Waals surface area contributed by atoms with Gasteiger partial charge in [0, 0.05) is 57.6 Å². The van der Waals surface area contributed by atoms with Crippen LogP contribution in [0.2, 0.25) is 0 Å². The van der Waals surface area contributed by atoms with E-state index < -0.39 is 5.41 Å². The van der Waals surface area contributed by atoms with Crippen molar-refractivity contribution < 1.29 is 14.0 Å². The van der Waals surface area contributed by atoms with E-state index >= 15 is 0 Å². The minimum absolute atomic E-state index is 0.0210. The molecule has 1 aromatic heterocycles. The number of amides is 2. The number of rotatable bonds is 4. The molecule has 1 aromatic carbocycles. The summed E-state index contributed by atoms with van der Waals surface area (Å²) in [6, 6.07) is 6.69. The van der Waals surface area contributed by atoms with Gasteiger partial charge in [-0.25, -0.2) is 4.39 Å². The van der Waals surface area contributed by atoms with Crippen LogP contribution in [-0.2, 0) is 16.0 Å². The first-order valence-electron chi connectivity index (χ1n) is 11.0. The van der Waals surface area contributed by atoms with Crippen molar-refractivity contribution in [3.63, 3.8) is 0 Å². The molecule has 0 radical (unpaired) electrons. The highest BCUT2D eigenvalue weighted by Gasteiger charge is 2.45. The fourth-order valence-electron chi connectivity index (χ4n) is 4.98. The quantitative estimate of drug-likeness (QED) is 0.756. The highest BCUT2D eigenvalue weighted by molar-refractivity contribution is 5.84. The largest absolute Gasteiger partial charge is 0.343 e. The Balaban J connectivity index is 1.58. The van der Waals surface area contributed by atoms with Crippen LogP contribution in [0.25, 0.3) is 0 Å². The van der Waals surface area contributed by atoms with Crippen LogP contribution in [0.1, 0.15) is 49.8 Å². The van der Waals surface area contributed by atoms with Gasteiger partial charge in [0.15, 0.2) is 0 Å². The first-order valence-corrected chi connectivity index (χ1v) is 11.0. The Hall–Kier alpha value is -2.83. The molecule has 2 amide bonds. The van der Waals surface area contributed by atoms with Crippen LogP contribution >= 0.6 is 0 Å². The highest BCUT2D eigenvalue weighted by atomic mass is 19.1. The number of carbonyl (C=O) groups excluding carboxylic acids is 2. The number of hydrogen-bond donors (Lipinski definition) is 0. The lowest BCUT2D eigenvalue weighted by atomic mass is 9.72. The summed E-state index contributed by atoms with van der Waals surface area (Å²) in [6.07, 6.45) is 8.45. The Bertz CT molecular complexity index is 928. The molecule has 1 atom stereocenters. The third kappa shape index (κ3) is 4.60. The van der Waals surface area contributed by atoms with Gasteiger partial charge in [0.05, 0.1) is 11.1 Å². The minimum atomic E-state index is -0.696. The molecule has 0 bridgehead atoms. The third-order valence-corrected chi connectivity index (χ3v) is 6.82. The van der Waals surface area contributed by atoms with Crippen molar-refractivity contribution >= 4 is 11.8 Å². The van der Waals surface area contributed by atoms with Crippen LogP contribution in [-0.4, -0.2) is 57.8 Å². The predicted molar refractivity (Wildman–Crippen MR) is 115 cm³/mol. The van der Waals surface area contributed by atoms with Gasteiger partial charge in [-0.3, -0.25) is 19.6 Å².